The van der Waals surface area contributed by atoms with E-state index in [-0.39, 0.29) is 5.38 Å². The number of aromatic nitrogens is 4. The first-order chi connectivity index (χ1) is 9.10. The second kappa shape index (κ2) is 6.18. The Morgan fingerprint density at radius 1 is 1.42 bits per heavy atom. The molecule has 0 saturated heterocycles. The molecule has 2 heterocycles. The van der Waals surface area contributed by atoms with Gasteiger partial charge in [-0.25, -0.2) is 4.98 Å². The lowest BCUT2D eigenvalue weighted by Gasteiger charge is -2.09. The zero-order valence-corrected chi connectivity index (χ0v) is 13.6. The Kier molecular flexibility index (Phi) is 4.79. The topological polar surface area (TPSA) is 35.6 Å². The van der Waals surface area contributed by atoms with E-state index >= 15 is 0 Å². The summed E-state index contributed by atoms with van der Waals surface area (Å²) in [6.45, 7) is 5.07. The number of hydrogen-bond donors (Lipinski definition) is 0. The van der Waals surface area contributed by atoms with E-state index < -0.39 is 0 Å². The van der Waals surface area contributed by atoms with Crippen molar-refractivity contribution in [2.45, 2.75) is 38.6 Å². The van der Waals surface area contributed by atoms with Crippen LogP contribution in [0.3, 0.4) is 0 Å². The first-order valence-electron chi connectivity index (χ1n) is 6.65. The molecule has 0 N–H and O–H groups in total. The second-order valence-corrected chi connectivity index (χ2v) is 6.36. The molecule has 2 aromatic rings. The van der Waals surface area contributed by atoms with E-state index in [2.05, 4.69) is 22.8 Å². The third-order valence-corrected chi connectivity index (χ3v) is 3.97. The molecule has 0 radical (unpaired) electrons. The molecular formula is C13H21ClN4S. The number of fused-ring (bicyclic) bond motifs is 1. The highest BCUT2D eigenvalue weighted by molar-refractivity contribution is 7.98. The van der Waals surface area contributed by atoms with Crippen LogP contribution in [-0.2, 0) is 20.0 Å². The summed E-state index contributed by atoms with van der Waals surface area (Å²) in [4.78, 5) is 4.74. The van der Waals surface area contributed by atoms with Gasteiger partial charge in [0.2, 0.25) is 0 Å². The molecule has 0 saturated carbocycles. The van der Waals surface area contributed by atoms with E-state index in [4.69, 9.17) is 16.6 Å². The van der Waals surface area contributed by atoms with Crippen molar-refractivity contribution in [1.82, 2.24) is 19.3 Å². The molecule has 2 rings (SSSR count). The molecule has 106 valence electrons. The van der Waals surface area contributed by atoms with E-state index in [0.29, 0.717) is 0 Å². The lowest BCUT2D eigenvalue weighted by molar-refractivity contribution is 0.669. The van der Waals surface area contributed by atoms with Gasteiger partial charge in [0, 0.05) is 19.3 Å². The van der Waals surface area contributed by atoms with Crippen molar-refractivity contribution in [2.75, 3.05) is 12.0 Å². The van der Waals surface area contributed by atoms with E-state index in [1.54, 1.807) is 0 Å². The summed E-state index contributed by atoms with van der Waals surface area (Å²) in [7, 11) is 1.99. The summed E-state index contributed by atoms with van der Waals surface area (Å²) in [5, 5.41) is 4.51. The number of alkyl halides is 1. The van der Waals surface area contributed by atoms with Gasteiger partial charge >= 0.3 is 0 Å². The molecule has 0 aliphatic heterocycles. The van der Waals surface area contributed by atoms with Gasteiger partial charge in [-0.1, -0.05) is 13.3 Å². The van der Waals surface area contributed by atoms with Gasteiger partial charge < -0.3 is 4.57 Å². The quantitative estimate of drug-likeness (QED) is 0.767. The Hall–Kier alpha value is -0.680. The summed E-state index contributed by atoms with van der Waals surface area (Å²) in [5.41, 5.74) is 3.20. The highest BCUT2D eigenvalue weighted by Gasteiger charge is 2.20. The zero-order chi connectivity index (χ0) is 14.0. The Morgan fingerprint density at radius 3 is 2.74 bits per heavy atom. The van der Waals surface area contributed by atoms with Crippen LogP contribution in [0.5, 0.6) is 0 Å². The van der Waals surface area contributed by atoms with Crippen molar-refractivity contribution >= 4 is 34.5 Å². The fourth-order valence-corrected chi connectivity index (χ4v) is 2.90. The zero-order valence-electron chi connectivity index (χ0n) is 12.0. The van der Waals surface area contributed by atoms with Crippen LogP contribution in [0.1, 0.15) is 37.2 Å². The number of thioether (sulfide) groups is 1. The van der Waals surface area contributed by atoms with Crippen molar-refractivity contribution in [3.63, 3.8) is 0 Å². The van der Waals surface area contributed by atoms with Crippen molar-refractivity contribution in [3.05, 3.63) is 11.5 Å². The van der Waals surface area contributed by atoms with Crippen LogP contribution >= 0.6 is 23.4 Å². The monoisotopic (exact) mass is 300 g/mol. The lowest BCUT2D eigenvalue weighted by Crippen LogP contribution is -2.09. The molecule has 4 nitrogen and oxygen atoms in total. The van der Waals surface area contributed by atoms with Crippen LogP contribution < -0.4 is 0 Å². The number of aryl methyl sites for hydroxylation is 3. The van der Waals surface area contributed by atoms with Gasteiger partial charge in [0.25, 0.3) is 0 Å². The van der Waals surface area contributed by atoms with Gasteiger partial charge in [-0.3, -0.25) is 4.68 Å². The maximum absolute atomic E-state index is 6.28. The standard InChI is InChI=1S/C13H21ClN4S/c1-5-6-10-11-13(17(3)16-10)18(7-8-19-4)12(15-11)9(2)14/h9H,5-8H2,1-4H3. The van der Waals surface area contributed by atoms with Crippen LogP contribution in [0.25, 0.3) is 11.2 Å². The predicted molar refractivity (Wildman–Crippen MR) is 83.1 cm³/mol. The van der Waals surface area contributed by atoms with Crippen LogP contribution in [-0.4, -0.2) is 31.3 Å². The van der Waals surface area contributed by atoms with Gasteiger partial charge in [-0.05, 0) is 19.6 Å². The Balaban J connectivity index is 2.57. The van der Waals surface area contributed by atoms with Crippen molar-refractivity contribution in [2.24, 2.45) is 7.05 Å². The van der Waals surface area contributed by atoms with Crippen LogP contribution in [0.15, 0.2) is 0 Å². The van der Waals surface area contributed by atoms with Gasteiger partial charge in [-0.15, -0.1) is 11.6 Å². The third kappa shape index (κ3) is 2.77. The van der Waals surface area contributed by atoms with Crippen molar-refractivity contribution < 1.29 is 0 Å². The van der Waals surface area contributed by atoms with E-state index in [0.717, 1.165) is 47.8 Å². The molecule has 0 amide bonds. The van der Waals surface area contributed by atoms with Crippen LogP contribution in [0, 0.1) is 0 Å². The fraction of sp³-hybridized carbons (Fsp3) is 0.692. The molecule has 19 heavy (non-hydrogen) atoms. The van der Waals surface area contributed by atoms with E-state index in [1.807, 2.05) is 30.4 Å². The van der Waals surface area contributed by atoms with Crippen molar-refractivity contribution in [1.29, 1.82) is 0 Å². The maximum atomic E-state index is 6.28. The van der Waals surface area contributed by atoms with E-state index in [1.165, 1.54) is 0 Å². The molecule has 0 bridgehead atoms. The Bertz CT molecular complexity index is 558. The Labute approximate surface area is 123 Å². The highest BCUT2D eigenvalue weighted by Crippen LogP contribution is 2.27. The third-order valence-electron chi connectivity index (χ3n) is 3.18. The summed E-state index contributed by atoms with van der Waals surface area (Å²) < 4.78 is 4.16. The van der Waals surface area contributed by atoms with Gasteiger partial charge in [-0.2, -0.15) is 16.9 Å². The van der Waals surface area contributed by atoms with Gasteiger partial charge in [0.1, 0.15) is 11.3 Å². The predicted octanol–water partition coefficient (Wildman–Crippen LogP) is 3.39. The largest absolute Gasteiger partial charge is 0.311 e. The molecular weight excluding hydrogens is 280 g/mol. The maximum Gasteiger partial charge on any atom is 0.158 e. The summed E-state index contributed by atoms with van der Waals surface area (Å²) in [5.74, 6) is 2.01. The molecule has 2 aromatic heterocycles. The average molecular weight is 301 g/mol. The SMILES string of the molecule is CCCc1nn(C)c2c1nc(C(C)Cl)n2CCSC. The summed E-state index contributed by atoms with van der Waals surface area (Å²) in [6.07, 6.45) is 4.16. The minimum absolute atomic E-state index is 0.0799. The van der Waals surface area contributed by atoms with Crippen molar-refractivity contribution in [3.8, 4) is 0 Å². The number of hydrogen-bond acceptors (Lipinski definition) is 3. The molecule has 1 unspecified atom stereocenters. The fourth-order valence-electron chi connectivity index (χ4n) is 2.37. The minimum Gasteiger partial charge on any atom is -0.311 e. The lowest BCUT2D eigenvalue weighted by atomic mass is 10.2. The molecule has 6 heteroatoms. The molecule has 0 aromatic carbocycles. The van der Waals surface area contributed by atoms with Crippen LogP contribution in [0.2, 0.25) is 0 Å². The average Bonchev–Trinajstić information content (AvgIpc) is 2.87. The number of halogens is 1. The van der Waals surface area contributed by atoms with Gasteiger partial charge in [0.15, 0.2) is 5.65 Å². The molecule has 0 spiro atoms. The Morgan fingerprint density at radius 2 is 2.16 bits per heavy atom. The smallest absolute Gasteiger partial charge is 0.158 e. The first-order valence-corrected chi connectivity index (χ1v) is 8.48. The number of imidazole rings is 1. The van der Waals surface area contributed by atoms with E-state index in [9.17, 15) is 0 Å². The normalized spacial score (nSPS) is 13.3. The molecule has 0 aliphatic rings. The first kappa shape index (κ1) is 14.7. The number of nitrogens with zero attached hydrogens (tertiary/aromatic N) is 4. The molecule has 0 aliphatic carbocycles. The van der Waals surface area contributed by atoms with Crippen LogP contribution in [0.4, 0.5) is 0 Å². The summed E-state index contributed by atoms with van der Waals surface area (Å²) >= 11 is 8.11. The molecule has 0 fully saturated rings. The second-order valence-electron chi connectivity index (χ2n) is 4.72. The van der Waals surface area contributed by atoms with Gasteiger partial charge in [0.05, 0.1) is 11.1 Å². The molecule has 1 atom stereocenters. The highest BCUT2D eigenvalue weighted by atomic mass is 35.5. The number of rotatable bonds is 6. The minimum atomic E-state index is -0.0799. The summed E-state index contributed by atoms with van der Waals surface area (Å²) in [6, 6.07) is 0.